The average Bonchev–Trinajstić information content (AvgIpc) is 2.88. The van der Waals surface area contributed by atoms with Crippen molar-refractivity contribution in [3.63, 3.8) is 0 Å². The second-order valence-corrected chi connectivity index (χ2v) is 5.05. The van der Waals surface area contributed by atoms with Gasteiger partial charge in [-0.05, 0) is 42.3 Å². The van der Waals surface area contributed by atoms with Gasteiger partial charge >= 0.3 is 0 Å². The first-order valence-electron chi connectivity index (χ1n) is 6.78. The van der Waals surface area contributed by atoms with E-state index in [9.17, 15) is 4.39 Å². The predicted octanol–water partition coefficient (Wildman–Crippen LogP) is 3.59. The molecule has 0 fully saturated rings. The van der Waals surface area contributed by atoms with Crippen molar-refractivity contribution in [1.82, 2.24) is 4.98 Å². The van der Waals surface area contributed by atoms with Crippen molar-refractivity contribution in [2.24, 2.45) is 5.73 Å². The van der Waals surface area contributed by atoms with Crippen molar-refractivity contribution in [3.05, 3.63) is 71.7 Å². The van der Waals surface area contributed by atoms with E-state index in [1.54, 1.807) is 12.1 Å². The molecule has 3 rings (SSSR count). The van der Waals surface area contributed by atoms with E-state index in [-0.39, 0.29) is 11.7 Å². The third-order valence-corrected chi connectivity index (χ3v) is 3.75. The maximum Gasteiger partial charge on any atom is 0.123 e. The number of hydrogen-bond acceptors (Lipinski definition) is 1. The molecule has 1 aromatic heterocycles. The molecule has 0 radical (unpaired) electrons. The molecule has 102 valence electrons. The lowest BCUT2D eigenvalue weighted by atomic mass is 9.92. The minimum atomic E-state index is -0.208. The van der Waals surface area contributed by atoms with Gasteiger partial charge < -0.3 is 10.7 Å². The first-order chi connectivity index (χ1) is 9.78. The summed E-state index contributed by atoms with van der Waals surface area (Å²) in [5, 5.41) is 1.21. The third kappa shape index (κ3) is 2.45. The van der Waals surface area contributed by atoms with E-state index in [2.05, 4.69) is 17.1 Å². The molecule has 0 aliphatic carbocycles. The topological polar surface area (TPSA) is 41.8 Å². The van der Waals surface area contributed by atoms with Crippen LogP contribution in [0.4, 0.5) is 4.39 Å². The lowest BCUT2D eigenvalue weighted by Crippen LogP contribution is -2.15. The molecule has 0 saturated heterocycles. The molecule has 3 N–H and O–H groups in total. The molecular formula is C17H17FN2. The summed E-state index contributed by atoms with van der Waals surface area (Å²) in [5.41, 5.74) is 9.18. The summed E-state index contributed by atoms with van der Waals surface area (Å²) >= 11 is 0. The number of rotatable bonds is 4. The Labute approximate surface area is 117 Å². The van der Waals surface area contributed by atoms with Gasteiger partial charge in [0.15, 0.2) is 0 Å². The number of aromatic nitrogens is 1. The summed E-state index contributed by atoms with van der Waals surface area (Å²) in [6, 6.07) is 14.9. The standard InChI is InChI=1S/C17H17FN2/c18-15-5-3-4-12(9-15)13(10-19)8-14-11-20-17-7-2-1-6-16(14)17/h1-7,9,11,13,20H,8,10,19H2. The Bertz CT molecular complexity index is 718. The fourth-order valence-electron chi connectivity index (χ4n) is 2.66. The molecule has 20 heavy (non-hydrogen) atoms. The van der Waals surface area contributed by atoms with E-state index in [1.165, 1.54) is 17.0 Å². The predicted molar refractivity (Wildman–Crippen MR) is 80.2 cm³/mol. The van der Waals surface area contributed by atoms with E-state index >= 15 is 0 Å². The van der Waals surface area contributed by atoms with E-state index < -0.39 is 0 Å². The Balaban J connectivity index is 1.92. The summed E-state index contributed by atoms with van der Waals surface area (Å²) in [4.78, 5) is 3.27. The van der Waals surface area contributed by atoms with Gasteiger partial charge in [-0.1, -0.05) is 30.3 Å². The lowest BCUT2D eigenvalue weighted by Gasteiger charge is -2.15. The highest BCUT2D eigenvalue weighted by atomic mass is 19.1. The Morgan fingerprint density at radius 1 is 1.10 bits per heavy atom. The van der Waals surface area contributed by atoms with Crippen LogP contribution in [0.25, 0.3) is 10.9 Å². The Kier molecular flexibility index (Phi) is 3.52. The molecule has 0 bridgehead atoms. The number of aromatic amines is 1. The molecule has 0 aliphatic rings. The molecule has 3 aromatic rings. The van der Waals surface area contributed by atoms with Gasteiger partial charge in [-0.3, -0.25) is 0 Å². The zero-order valence-corrected chi connectivity index (χ0v) is 11.1. The van der Waals surface area contributed by atoms with E-state index in [4.69, 9.17) is 5.73 Å². The van der Waals surface area contributed by atoms with Gasteiger partial charge in [0, 0.05) is 23.0 Å². The van der Waals surface area contributed by atoms with E-state index in [0.717, 1.165) is 17.5 Å². The monoisotopic (exact) mass is 268 g/mol. The molecule has 1 unspecified atom stereocenters. The largest absolute Gasteiger partial charge is 0.361 e. The number of fused-ring (bicyclic) bond motifs is 1. The molecule has 0 saturated carbocycles. The zero-order valence-electron chi connectivity index (χ0n) is 11.1. The van der Waals surface area contributed by atoms with Crippen LogP contribution in [0.2, 0.25) is 0 Å². The van der Waals surface area contributed by atoms with Gasteiger partial charge in [0.1, 0.15) is 5.82 Å². The minimum absolute atomic E-state index is 0.130. The van der Waals surface area contributed by atoms with Crippen molar-refractivity contribution < 1.29 is 4.39 Å². The average molecular weight is 268 g/mol. The molecule has 1 heterocycles. The highest BCUT2D eigenvalue weighted by Crippen LogP contribution is 2.25. The van der Waals surface area contributed by atoms with Crippen LogP contribution in [0.15, 0.2) is 54.7 Å². The maximum absolute atomic E-state index is 13.3. The van der Waals surface area contributed by atoms with Crippen LogP contribution >= 0.6 is 0 Å². The van der Waals surface area contributed by atoms with Crippen LogP contribution in [0.3, 0.4) is 0 Å². The molecule has 0 spiro atoms. The Morgan fingerprint density at radius 2 is 1.95 bits per heavy atom. The third-order valence-electron chi connectivity index (χ3n) is 3.75. The first kappa shape index (κ1) is 12.9. The van der Waals surface area contributed by atoms with Crippen molar-refractivity contribution in [1.29, 1.82) is 0 Å². The van der Waals surface area contributed by atoms with Crippen molar-refractivity contribution >= 4 is 10.9 Å². The first-order valence-corrected chi connectivity index (χ1v) is 6.78. The van der Waals surface area contributed by atoms with Crippen LogP contribution in [0.5, 0.6) is 0 Å². The van der Waals surface area contributed by atoms with Crippen LogP contribution in [-0.2, 0) is 6.42 Å². The van der Waals surface area contributed by atoms with Crippen molar-refractivity contribution in [2.45, 2.75) is 12.3 Å². The van der Waals surface area contributed by atoms with Gasteiger partial charge in [0.05, 0.1) is 0 Å². The second-order valence-electron chi connectivity index (χ2n) is 5.05. The van der Waals surface area contributed by atoms with Gasteiger partial charge in [-0.2, -0.15) is 0 Å². The van der Waals surface area contributed by atoms with E-state index in [0.29, 0.717) is 6.54 Å². The summed E-state index contributed by atoms with van der Waals surface area (Å²) in [5.74, 6) is -0.0789. The van der Waals surface area contributed by atoms with Crippen LogP contribution in [0, 0.1) is 5.82 Å². The molecule has 2 aromatic carbocycles. The molecule has 3 heteroatoms. The van der Waals surface area contributed by atoms with Gasteiger partial charge in [0.2, 0.25) is 0 Å². The summed E-state index contributed by atoms with van der Waals surface area (Å²) < 4.78 is 13.3. The maximum atomic E-state index is 13.3. The minimum Gasteiger partial charge on any atom is -0.361 e. The lowest BCUT2D eigenvalue weighted by molar-refractivity contribution is 0.617. The number of para-hydroxylation sites is 1. The number of nitrogens with two attached hydrogens (primary N) is 1. The highest BCUT2D eigenvalue weighted by molar-refractivity contribution is 5.83. The number of hydrogen-bond donors (Lipinski definition) is 2. The second kappa shape index (κ2) is 5.47. The van der Waals surface area contributed by atoms with Crippen LogP contribution < -0.4 is 5.73 Å². The summed E-state index contributed by atoms with van der Waals surface area (Å²) in [7, 11) is 0. The van der Waals surface area contributed by atoms with Crippen LogP contribution in [0.1, 0.15) is 17.0 Å². The zero-order chi connectivity index (χ0) is 13.9. The number of nitrogens with one attached hydrogen (secondary N) is 1. The highest BCUT2D eigenvalue weighted by Gasteiger charge is 2.13. The van der Waals surface area contributed by atoms with Gasteiger partial charge in [-0.25, -0.2) is 4.39 Å². The molecule has 0 amide bonds. The molecular weight excluding hydrogens is 251 g/mol. The summed E-state index contributed by atoms with van der Waals surface area (Å²) in [6.45, 7) is 0.503. The number of benzene rings is 2. The molecule has 1 atom stereocenters. The normalized spacial score (nSPS) is 12.7. The summed E-state index contributed by atoms with van der Waals surface area (Å²) in [6.07, 6.45) is 2.83. The quantitative estimate of drug-likeness (QED) is 0.746. The fourth-order valence-corrected chi connectivity index (χ4v) is 2.66. The number of H-pyrrole nitrogens is 1. The molecule has 0 aliphatic heterocycles. The molecule has 2 nitrogen and oxygen atoms in total. The van der Waals surface area contributed by atoms with Gasteiger partial charge in [-0.15, -0.1) is 0 Å². The smallest absolute Gasteiger partial charge is 0.123 e. The fraction of sp³-hybridized carbons (Fsp3) is 0.176. The van der Waals surface area contributed by atoms with E-state index in [1.807, 2.05) is 24.4 Å². The SMILES string of the molecule is NCC(Cc1c[nH]c2ccccc12)c1cccc(F)c1. The Morgan fingerprint density at radius 3 is 2.75 bits per heavy atom. The Hall–Kier alpha value is -2.13. The number of halogens is 1. The van der Waals surface area contributed by atoms with Crippen LogP contribution in [-0.4, -0.2) is 11.5 Å². The van der Waals surface area contributed by atoms with Crippen molar-refractivity contribution in [3.8, 4) is 0 Å². The van der Waals surface area contributed by atoms with Crippen molar-refractivity contribution in [2.75, 3.05) is 6.54 Å². The van der Waals surface area contributed by atoms with Gasteiger partial charge in [0.25, 0.3) is 0 Å².